The van der Waals surface area contributed by atoms with Gasteiger partial charge in [-0.2, -0.15) is 0 Å². The Hall–Kier alpha value is -0.320. The van der Waals surface area contributed by atoms with Crippen LogP contribution in [0.1, 0.15) is 25.7 Å². The first kappa shape index (κ1) is 12.1. The van der Waals surface area contributed by atoms with E-state index in [2.05, 4.69) is 31.3 Å². The first-order valence-corrected chi connectivity index (χ1v) is 6.75. The van der Waals surface area contributed by atoms with Crippen molar-refractivity contribution in [3.63, 3.8) is 0 Å². The smallest absolute Gasteiger partial charge is 0.143 e. The van der Waals surface area contributed by atoms with Crippen molar-refractivity contribution in [1.29, 1.82) is 0 Å². The molecule has 1 aromatic rings. The predicted octanol–water partition coefficient (Wildman–Crippen LogP) is 3.70. The van der Waals surface area contributed by atoms with Gasteiger partial charge in [0, 0.05) is 13.1 Å². The number of rotatable bonds is 2. The molecule has 0 atom stereocenters. The van der Waals surface area contributed by atoms with E-state index in [-0.39, 0.29) is 0 Å². The fourth-order valence-electron chi connectivity index (χ4n) is 1.85. The summed E-state index contributed by atoms with van der Waals surface area (Å²) in [5.41, 5.74) is 4.36. The zero-order valence-corrected chi connectivity index (χ0v) is 11.4. The van der Waals surface area contributed by atoms with Gasteiger partial charge in [0.15, 0.2) is 0 Å². The molecule has 1 aliphatic rings. The molecule has 5 heteroatoms. The van der Waals surface area contributed by atoms with Crippen molar-refractivity contribution in [2.75, 3.05) is 18.5 Å². The Morgan fingerprint density at radius 3 is 2.56 bits per heavy atom. The Morgan fingerprint density at radius 1 is 1.25 bits per heavy atom. The summed E-state index contributed by atoms with van der Waals surface area (Å²) < 4.78 is 0.828. The van der Waals surface area contributed by atoms with Crippen LogP contribution in [-0.2, 0) is 0 Å². The number of halogens is 2. The fraction of sp³-hybridized carbons (Fsp3) is 0.545. The lowest BCUT2D eigenvalue weighted by molar-refractivity contribution is 0.343. The number of aromatic nitrogens is 1. The van der Waals surface area contributed by atoms with E-state index in [1.54, 1.807) is 6.20 Å². The zero-order valence-electron chi connectivity index (χ0n) is 9.05. The van der Waals surface area contributed by atoms with Gasteiger partial charge in [-0.25, -0.2) is 9.99 Å². The number of nitrogens with zero attached hydrogens (tertiary/aromatic N) is 2. The van der Waals surface area contributed by atoms with Crippen LogP contribution in [0.3, 0.4) is 0 Å². The average molecular weight is 305 g/mol. The zero-order chi connectivity index (χ0) is 11.4. The molecule has 0 aliphatic carbocycles. The van der Waals surface area contributed by atoms with E-state index in [0.717, 1.165) is 23.2 Å². The Bertz CT molecular complexity index is 351. The summed E-state index contributed by atoms with van der Waals surface area (Å²) in [6, 6.07) is 1.96. The van der Waals surface area contributed by atoms with Gasteiger partial charge in [-0.05, 0) is 34.8 Å². The van der Waals surface area contributed by atoms with Crippen LogP contribution in [0, 0.1) is 0 Å². The minimum atomic E-state index is 0.501. The van der Waals surface area contributed by atoms with Crippen molar-refractivity contribution < 1.29 is 0 Å². The van der Waals surface area contributed by atoms with Crippen LogP contribution in [0.15, 0.2) is 16.7 Å². The summed E-state index contributed by atoms with van der Waals surface area (Å²) in [7, 11) is 0. The van der Waals surface area contributed by atoms with Gasteiger partial charge in [0.1, 0.15) is 5.15 Å². The van der Waals surface area contributed by atoms with Crippen molar-refractivity contribution in [2.45, 2.75) is 25.7 Å². The third kappa shape index (κ3) is 3.34. The third-order valence-electron chi connectivity index (χ3n) is 2.69. The maximum Gasteiger partial charge on any atom is 0.143 e. The van der Waals surface area contributed by atoms with Crippen molar-refractivity contribution in [2.24, 2.45) is 0 Å². The van der Waals surface area contributed by atoms with Crippen molar-refractivity contribution in [3.8, 4) is 0 Å². The standard InChI is InChI=1S/C11H15BrClN3/c12-10-7-9(8-14-11(10)13)15-16-5-3-1-2-4-6-16/h7-8,15H,1-6H2. The van der Waals surface area contributed by atoms with Crippen molar-refractivity contribution in [1.82, 2.24) is 9.99 Å². The summed E-state index contributed by atoms with van der Waals surface area (Å²) in [6.45, 7) is 2.19. The maximum absolute atomic E-state index is 5.85. The SMILES string of the molecule is Clc1ncc(NN2CCCCCC2)cc1Br. The molecule has 0 saturated carbocycles. The lowest BCUT2D eigenvalue weighted by Gasteiger charge is -2.22. The quantitative estimate of drug-likeness (QED) is 0.844. The van der Waals surface area contributed by atoms with E-state index in [9.17, 15) is 0 Å². The molecule has 1 saturated heterocycles. The van der Waals surface area contributed by atoms with Crippen molar-refractivity contribution >= 4 is 33.2 Å². The van der Waals surface area contributed by atoms with Gasteiger partial charge in [-0.3, -0.25) is 0 Å². The molecule has 0 spiro atoms. The Kier molecular flexibility index (Phi) is 4.44. The molecule has 1 N–H and O–H groups in total. The van der Waals surface area contributed by atoms with E-state index in [1.165, 1.54) is 25.7 Å². The highest BCUT2D eigenvalue weighted by atomic mass is 79.9. The lowest BCUT2D eigenvalue weighted by Crippen LogP contribution is -2.30. The second kappa shape index (κ2) is 5.84. The Labute approximate surface area is 109 Å². The van der Waals surface area contributed by atoms with Gasteiger partial charge in [0.25, 0.3) is 0 Å². The predicted molar refractivity (Wildman–Crippen MR) is 70.6 cm³/mol. The molecule has 16 heavy (non-hydrogen) atoms. The van der Waals surface area contributed by atoms with Crippen molar-refractivity contribution in [3.05, 3.63) is 21.9 Å². The molecule has 1 fully saturated rings. The number of anilines is 1. The third-order valence-corrected chi connectivity index (χ3v) is 3.82. The summed E-state index contributed by atoms with van der Waals surface area (Å²) in [5, 5.41) is 2.76. The van der Waals surface area contributed by atoms with E-state index in [0.29, 0.717) is 5.15 Å². The van der Waals surface area contributed by atoms with E-state index >= 15 is 0 Å². The van der Waals surface area contributed by atoms with E-state index in [1.807, 2.05) is 6.07 Å². The normalized spacial score (nSPS) is 18.1. The molecular formula is C11H15BrClN3. The molecule has 2 rings (SSSR count). The minimum absolute atomic E-state index is 0.501. The van der Waals surface area contributed by atoms with Gasteiger partial charge >= 0.3 is 0 Å². The monoisotopic (exact) mass is 303 g/mol. The fourth-order valence-corrected chi connectivity index (χ4v) is 2.30. The average Bonchev–Trinajstić information content (AvgIpc) is 2.52. The van der Waals surface area contributed by atoms with Gasteiger partial charge in [0.2, 0.25) is 0 Å². The van der Waals surface area contributed by atoms with Gasteiger partial charge < -0.3 is 5.43 Å². The Morgan fingerprint density at radius 2 is 1.94 bits per heavy atom. The molecule has 1 aromatic heterocycles. The second-order valence-electron chi connectivity index (χ2n) is 4.01. The van der Waals surface area contributed by atoms with Crippen LogP contribution in [0.2, 0.25) is 5.15 Å². The number of nitrogens with one attached hydrogen (secondary N) is 1. The van der Waals surface area contributed by atoms with Crippen LogP contribution in [0.4, 0.5) is 5.69 Å². The van der Waals surface area contributed by atoms with Gasteiger partial charge in [0.05, 0.1) is 16.4 Å². The summed E-state index contributed by atoms with van der Waals surface area (Å²) in [6.07, 6.45) is 6.95. The van der Waals surface area contributed by atoms with Crippen LogP contribution < -0.4 is 5.43 Å². The summed E-state index contributed by atoms with van der Waals surface area (Å²) >= 11 is 9.22. The highest BCUT2D eigenvalue weighted by molar-refractivity contribution is 9.10. The topological polar surface area (TPSA) is 28.2 Å². The molecule has 0 aromatic carbocycles. The summed E-state index contributed by atoms with van der Waals surface area (Å²) in [5.74, 6) is 0. The number of hydrogen-bond acceptors (Lipinski definition) is 3. The second-order valence-corrected chi connectivity index (χ2v) is 5.22. The van der Waals surface area contributed by atoms with Crippen LogP contribution in [0.25, 0.3) is 0 Å². The molecule has 0 amide bonds. The molecule has 2 heterocycles. The summed E-state index contributed by atoms with van der Waals surface area (Å²) in [4.78, 5) is 4.10. The van der Waals surface area contributed by atoms with Crippen LogP contribution in [0.5, 0.6) is 0 Å². The largest absolute Gasteiger partial charge is 0.317 e. The molecule has 0 bridgehead atoms. The first-order valence-electron chi connectivity index (χ1n) is 5.58. The molecule has 0 radical (unpaired) electrons. The molecule has 1 aliphatic heterocycles. The lowest BCUT2D eigenvalue weighted by atomic mass is 10.2. The number of hydrogen-bond donors (Lipinski definition) is 1. The molecule has 3 nitrogen and oxygen atoms in total. The molecular weight excluding hydrogens is 289 g/mol. The van der Waals surface area contributed by atoms with E-state index < -0.39 is 0 Å². The Balaban J connectivity index is 1.99. The number of hydrazine groups is 1. The highest BCUT2D eigenvalue weighted by Gasteiger charge is 2.09. The van der Waals surface area contributed by atoms with Crippen LogP contribution >= 0.6 is 27.5 Å². The van der Waals surface area contributed by atoms with Crippen LogP contribution in [-0.4, -0.2) is 23.1 Å². The highest BCUT2D eigenvalue weighted by Crippen LogP contribution is 2.23. The van der Waals surface area contributed by atoms with Gasteiger partial charge in [-0.1, -0.05) is 24.4 Å². The molecule has 0 unspecified atom stereocenters. The minimum Gasteiger partial charge on any atom is -0.317 e. The van der Waals surface area contributed by atoms with Gasteiger partial charge in [-0.15, -0.1) is 0 Å². The number of pyridine rings is 1. The molecule has 88 valence electrons. The maximum atomic E-state index is 5.85. The van der Waals surface area contributed by atoms with E-state index in [4.69, 9.17) is 11.6 Å². The first-order chi connectivity index (χ1) is 7.75.